The number of aryl methyl sites for hydroxylation is 1. The second-order valence-electron chi connectivity index (χ2n) is 4.39. The summed E-state index contributed by atoms with van der Waals surface area (Å²) >= 11 is 1.98. The zero-order chi connectivity index (χ0) is 12.0. The van der Waals surface area contributed by atoms with Gasteiger partial charge in [0.15, 0.2) is 0 Å². The molecule has 0 spiro atoms. The van der Waals surface area contributed by atoms with E-state index in [2.05, 4.69) is 57.3 Å². The average Bonchev–Trinajstić information content (AvgIpc) is 2.21. The molecule has 2 atom stereocenters. The first kappa shape index (κ1) is 13.6. The highest BCUT2D eigenvalue weighted by atomic mass is 32.2. The molecular weight excluding hydrogens is 214 g/mol. The Kier molecular flexibility index (Phi) is 5.93. The minimum atomic E-state index is 0.608. The van der Waals surface area contributed by atoms with Crippen molar-refractivity contribution in [2.75, 3.05) is 6.54 Å². The van der Waals surface area contributed by atoms with E-state index in [1.54, 1.807) is 0 Å². The van der Waals surface area contributed by atoms with Crippen LogP contribution in [0.5, 0.6) is 0 Å². The van der Waals surface area contributed by atoms with Crippen LogP contribution in [0.3, 0.4) is 0 Å². The van der Waals surface area contributed by atoms with E-state index < -0.39 is 0 Å². The van der Waals surface area contributed by atoms with Crippen LogP contribution in [0.2, 0.25) is 0 Å². The van der Waals surface area contributed by atoms with E-state index >= 15 is 0 Å². The maximum Gasteiger partial charge on any atom is 0.0104 e. The van der Waals surface area contributed by atoms with Gasteiger partial charge < -0.3 is 5.32 Å². The lowest BCUT2D eigenvalue weighted by Crippen LogP contribution is -2.28. The molecule has 2 heteroatoms. The van der Waals surface area contributed by atoms with E-state index in [1.807, 2.05) is 11.8 Å². The van der Waals surface area contributed by atoms with Crippen molar-refractivity contribution in [1.29, 1.82) is 0 Å². The Balaban J connectivity index is 2.45. The zero-order valence-electron chi connectivity index (χ0n) is 10.8. The van der Waals surface area contributed by atoms with Crippen molar-refractivity contribution in [1.82, 2.24) is 5.32 Å². The maximum absolute atomic E-state index is 3.46. The van der Waals surface area contributed by atoms with Crippen molar-refractivity contribution in [3.8, 4) is 0 Å². The van der Waals surface area contributed by atoms with Crippen LogP contribution in [0.4, 0.5) is 0 Å². The Morgan fingerprint density at radius 1 is 1.25 bits per heavy atom. The molecule has 0 aliphatic carbocycles. The first-order chi connectivity index (χ1) is 7.63. The van der Waals surface area contributed by atoms with E-state index in [4.69, 9.17) is 0 Å². The summed E-state index contributed by atoms with van der Waals surface area (Å²) in [5.41, 5.74) is 1.38. The molecule has 1 N–H and O–H groups in total. The van der Waals surface area contributed by atoms with Gasteiger partial charge in [-0.2, -0.15) is 0 Å². The molecule has 0 bridgehead atoms. The Morgan fingerprint density at radius 2 is 1.94 bits per heavy atom. The van der Waals surface area contributed by atoms with Crippen molar-refractivity contribution < 1.29 is 0 Å². The Morgan fingerprint density at radius 3 is 2.56 bits per heavy atom. The van der Waals surface area contributed by atoms with E-state index in [1.165, 1.54) is 16.9 Å². The van der Waals surface area contributed by atoms with Crippen LogP contribution < -0.4 is 5.32 Å². The van der Waals surface area contributed by atoms with Crippen molar-refractivity contribution in [2.24, 2.45) is 0 Å². The van der Waals surface area contributed by atoms with Crippen LogP contribution >= 0.6 is 11.8 Å². The van der Waals surface area contributed by atoms with Gasteiger partial charge in [-0.3, -0.25) is 0 Å². The first-order valence-electron chi connectivity index (χ1n) is 6.09. The molecule has 0 aliphatic heterocycles. The summed E-state index contributed by atoms with van der Waals surface area (Å²) < 4.78 is 0. The van der Waals surface area contributed by atoms with E-state index in [9.17, 15) is 0 Å². The molecule has 0 aliphatic rings. The molecule has 0 aromatic heterocycles. The Labute approximate surface area is 104 Å². The fourth-order valence-electron chi connectivity index (χ4n) is 1.88. The molecule has 0 saturated carbocycles. The molecule has 2 unspecified atom stereocenters. The number of thioether (sulfide) groups is 1. The molecule has 16 heavy (non-hydrogen) atoms. The Hall–Kier alpha value is -0.470. The third kappa shape index (κ3) is 4.58. The van der Waals surface area contributed by atoms with Gasteiger partial charge in [0, 0.05) is 16.2 Å². The minimum absolute atomic E-state index is 0.608. The molecule has 0 radical (unpaired) electrons. The number of hydrogen-bond donors (Lipinski definition) is 1. The lowest BCUT2D eigenvalue weighted by Gasteiger charge is -2.18. The molecule has 90 valence electrons. The van der Waals surface area contributed by atoms with Crippen LogP contribution in [-0.4, -0.2) is 17.8 Å². The number of rotatable bonds is 6. The van der Waals surface area contributed by atoms with Crippen molar-refractivity contribution in [3.05, 3.63) is 29.8 Å². The fourth-order valence-corrected chi connectivity index (χ4v) is 3.11. The molecule has 0 heterocycles. The SMILES string of the molecule is CCNC(C)CC(C)Sc1ccccc1C. The lowest BCUT2D eigenvalue weighted by atomic mass is 10.2. The second-order valence-corrected chi connectivity index (χ2v) is 5.87. The van der Waals surface area contributed by atoms with Gasteiger partial charge in [-0.05, 0) is 38.4 Å². The summed E-state index contributed by atoms with van der Waals surface area (Å²) in [6.07, 6.45) is 1.22. The van der Waals surface area contributed by atoms with Gasteiger partial charge in [-0.25, -0.2) is 0 Å². The molecule has 0 amide bonds. The number of hydrogen-bond acceptors (Lipinski definition) is 2. The highest BCUT2D eigenvalue weighted by molar-refractivity contribution is 8.00. The smallest absolute Gasteiger partial charge is 0.0104 e. The first-order valence-corrected chi connectivity index (χ1v) is 6.97. The summed E-state index contributed by atoms with van der Waals surface area (Å²) in [6, 6.07) is 9.23. The lowest BCUT2D eigenvalue weighted by molar-refractivity contribution is 0.530. The molecule has 0 fully saturated rings. The maximum atomic E-state index is 3.46. The summed E-state index contributed by atoms with van der Waals surface area (Å²) in [6.45, 7) is 9.98. The third-order valence-corrected chi connectivity index (χ3v) is 3.97. The number of benzene rings is 1. The largest absolute Gasteiger partial charge is 0.314 e. The second kappa shape index (κ2) is 6.97. The van der Waals surface area contributed by atoms with Gasteiger partial charge >= 0.3 is 0 Å². The molecular formula is C14H23NS. The van der Waals surface area contributed by atoms with Crippen molar-refractivity contribution in [3.63, 3.8) is 0 Å². The monoisotopic (exact) mass is 237 g/mol. The van der Waals surface area contributed by atoms with Gasteiger partial charge in [0.25, 0.3) is 0 Å². The summed E-state index contributed by atoms with van der Waals surface area (Å²) in [5.74, 6) is 0. The quantitative estimate of drug-likeness (QED) is 0.754. The van der Waals surface area contributed by atoms with Crippen molar-refractivity contribution >= 4 is 11.8 Å². The van der Waals surface area contributed by atoms with Crippen LogP contribution in [-0.2, 0) is 0 Å². The summed E-state index contributed by atoms with van der Waals surface area (Å²) in [7, 11) is 0. The molecule has 1 aromatic rings. The van der Waals surface area contributed by atoms with Crippen LogP contribution in [0.15, 0.2) is 29.2 Å². The van der Waals surface area contributed by atoms with Gasteiger partial charge in [-0.1, -0.05) is 32.0 Å². The zero-order valence-corrected chi connectivity index (χ0v) is 11.6. The molecule has 1 rings (SSSR count). The van der Waals surface area contributed by atoms with Gasteiger partial charge in [0.1, 0.15) is 0 Å². The molecule has 1 aromatic carbocycles. The van der Waals surface area contributed by atoms with Crippen LogP contribution in [0, 0.1) is 6.92 Å². The highest BCUT2D eigenvalue weighted by Crippen LogP contribution is 2.28. The summed E-state index contributed by atoms with van der Waals surface area (Å²) in [5, 5.41) is 4.13. The third-order valence-electron chi connectivity index (χ3n) is 2.66. The fraction of sp³-hybridized carbons (Fsp3) is 0.571. The van der Waals surface area contributed by atoms with Crippen molar-refractivity contribution in [2.45, 2.75) is 50.3 Å². The molecule has 0 saturated heterocycles. The highest BCUT2D eigenvalue weighted by Gasteiger charge is 2.10. The standard InChI is InChI=1S/C14H23NS/c1-5-15-12(3)10-13(4)16-14-9-7-6-8-11(14)2/h6-9,12-13,15H,5,10H2,1-4H3. The average molecular weight is 237 g/mol. The summed E-state index contributed by atoms with van der Waals surface area (Å²) in [4.78, 5) is 1.42. The topological polar surface area (TPSA) is 12.0 Å². The van der Waals surface area contributed by atoms with Gasteiger partial charge in [0.2, 0.25) is 0 Å². The predicted octanol–water partition coefficient (Wildman–Crippen LogP) is 3.86. The van der Waals surface area contributed by atoms with E-state index in [0.717, 1.165) is 6.54 Å². The minimum Gasteiger partial charge on any atom is -0.314 e. The Bertz CT molecular complexity index is 311. The normalized spacial score (nSPS) is 14.8. The van der Waals surface area contributed by atoms with Gasteiger partial charge in [-0.15, -0.1) is 11.8 Å². The predicted molar refractivity (Wildman–Crippen MR) is 74.3 cm³/mol. The van der Waals surface area contributed by atoms with Gasteiger partial charge in [0.05, 0.1) is 0 Å². The van der Waals surface area contributed by atoms with Crippen LogP contribution in [0.1, 0.15) is 32.8 Å². The van der Waals surface area contributed by atoms with E-state index in [0.29, 0.717) is 11.3 Å². The number of nitrogens with one attached hydrogen (secondary N) is 1. The van der Waals surface area contributed by atoms with Crippen LogP contribution in [0.25, 0.3) is 0 Å². The molecule has 1 nitrogen and oxygen atoms in total. The van der Waals surface area contributed by atoms with E-state index in [-0.39, 0.29) is 0 Å².